The summed E-state index contributed by atoms with van der Waals surface area (Å²) in [6.07, 6.45) is 4.65. The van der Waals surface area contributed by atoms with Gasteiger partial charge in [0.25, 0.3) is 0 Å². The van der Waals surface area contributed by atoms with E-state index in [4.69, 9.17) is 22.1 Å². The average molecular weight is 240 g/mol. The molecule has 86 valence electrons. The molecule has 1 aromatic rings. The molecule has 1 aromatic heterocycles. The van der Waals surface area contributed by atoms with Gasteiger partial charge in [-0.1, -0.05) is 11.6 Å². The first-order chi connectivity index (χ1) is 7.72. The van der Waals surface area contributed by atoms with E-state index in [1.807, 2.05) is 6.07 Å². The quantitative estimate of drug-likeness (QED) is 0.810. The fourth-order valence-corrected chi connectivity index (χ4v) is 2.52. The molecule has 2 bridgehead atoms. The molecule has 0 radical (unpaired) electrons. The maximum absolute atomic E-state index is 5.86. The Morgan fingerprint density at radius 1 is 1.38 bits per heavy atom. The second kappa shape index (κ2) is 3.79. The summed E-state index contributed by atoms with van der Waals surface area (Å²) in [5, 5.41) is 0.514. The highest BCUT2D eigenvalue weighted by atomic mass is 35.5. The van der Waals surface area contributed by atoms with E-state index >= 15 is 0 Å². The Kier molecular flexibility index (Phi) is 2.41. The minimum absolute atomic E-state index is 0.359. The third-order valence-electron chi connectivity index (χ3n) is 3.24. The SMILES string of the molecule is Nc1cc(N2CC3CCC(C2)O3)ncc1Cl. The van der Waals surface area contributed by atoms with Gasteiger partial charge >= 0.3 is 0 Å². The van der Waals surface area contributed by atoms with Crippen molar-refractivity contribution >= 4 is 23.1 Å². The molecule has 0 saturated carbocycles. The smallest absolute Gasteiger partial charge is 0.130 e. The zero-order chi connectivity index (χ0) is 11.1. The monoisotopic (exact) mass is 239 g/mol. The third kappa shape index (κ3) is 1.72. The second-order valence-corrected chi connectivity index (χ2v) is 4.83. The fraction of sp³-hybridized carbons (Fsp3) is 0.545. The van der Waals surface area contributed by atoms with Crippen molar-refractivity contribution in [1.29, 1.82) is 0 Å². The number of ether oxygens (including phenoxy) is 1. The zero-order valence-electron chi connectivity index (χ0n) is 8.90. The highest BCUT2D eigenvalue weighted by molar-refractivity contribution is 6.32. The first-order valence-electron chi connectivity index (χ1n) is 5.54. The van der Waals surface area contributed by atoms with Gasteiger partial charge in [-0.2, -0.15) is 0 Å². The van der Waals surface area contributed by atoms with Gasteiger partial charge < -0.3 is 15.4 Å². The van der Waals surface area contributed by atoms with Gasteiger partial charge in [0.15, 0.2) is 0 Å². The van der Waals surface area contributed by atoms with E-state index in [-0.39, 0.29) is 0 Å². The molecule has 2 unspecified atom stereocenters. The molecule has 2 aliphatic heterocycles. The Morgan fingerprint density at radius 3 is 2.69 bits per heavy atom. The van der Waals surface area contributed by atoms with Crippen LogP contribution in [0.2, 0.25) is 5.02 Å². The molecule has 3 heterocycles. The summed E-state index contributed by atoms with van der Waals surface area (Å²) in [7, 11) is 0. The Hall–Kier alpha value is -1.00. The Bertz CT molecular complexity index is 400. The first-order valence-corrected chi connectivity index (χ1v) is 5.91. The Balaban J connectivity index is 1.84. The van der Waals surface area contributed by atoms with Crippen LogP contribution >= 0.6 is 11.6 Å². The minimum atomic E-state index is 0.359. The van der Waals surface area contributed by atoms with Gasteiger partial charge in [0, 0.05) is 25.4 Å². The fourth-order valence-electron chi connectivity index (χ4n) is 2.42. The van der Waals surface area contributed by atoms with Gasteiger partial charge in [0.1, 0.15) is 5.82 Å². The van der Waals surface area contributed by atoms with Crippen LogP contribution in [0.5, 0.6) is 0 Å². The number of pyridine rings is 1. The number of anilines is 2. The number of hydrogen-bond acceptors (Lipinski definition) is 4. The number of rotatable bonds is 1. The highest BCUT2D eigenvalue weighted by Gasteiger charge is 2.34. The molecule has 0 aromatic carbocycles. The van der Waals surface area contributed by atoms with Crippen LogP contribution in [0.1, 0.15) is 12.8 Å². The van der Waals surface area contributed by atoms with E-state index in [1.165, 1.54) is 0 Å². The summed E-state index contributed by atoms with van der Waals surface area (Å²) in [5.41, 5.74) is 6.37. The summed E-state index contributed by atoms with van der Waals surface area (Å²) in [4.78, 5) is 6.55. The number of fused-ring (bicyclic) bond motifs is 2. The number of hydrogen-bond donors (Lipinski definition) is 1. The number of halogens is 1. The summed E-state index contributed by atoms with van der Waals surface area (Å²) in [6.45, 7) is 1.81. The molecule has 0 spiro atoms. The highest BCUT2D eigenvalue weighted by Crippen LogP contribution is 2.30. The van der Waals surface area contributed by atoms with E-state index in [0.29, 0.717) is 22.9 Å². The maximum atomic E-state index is 5.86. The van der Waals surface area contributed by atoms with Crippen LogP contribution in [0, 0.1) is 0 Å². The van der Waals surface area contributed by atoms with Crippen molar-refractivity contribution in [2.75, 3.05) is 23.7 Å². The van der Waals surface area contributed by atoms with Gasteiger partial charge in [-0.3, -0.25) is 0 Å². The molecule has 0 aliphatic carbocycles. The largest absolute Gasteiger partial charge is 0.397 e. The lowest BCUT2D eigenvalue weighted by atomic mass is 10.2. The molecule has 2 N–H and O–H groups in total. The molecule has 3 rings (SSSR count). The summed E-state index contributed by atoms with van der Waals surface area (Å²) in [6, 6.07) is 1.84. The maximum Gasteiger partial charge on any atom is 0.130 e. The molecule has 4 nitrogen and oxygen atoms in total. The van der Waals surface area contributed by atoms with Gasteiger partial charge in [-0.15, -0.1) is 0 Å². The number of nitrogens with zero attached hydrogens (tertiary/aromatic N) is 2. The van der Waals surface area contributed by atoms with E-state index in [1.54, 1.807) is 6.20 Å². The van der Waals surface area contributed by atoms with Crippen LogP contribution in [-0.2, 0) is 4.74 Å². The van der Waals surface area contributed by atoms with Crippen molar-refractivity contribution in [3.05, 3.63) is 17.3 Å². The molecule has 16 heavy (non-hydrogen) atoms. The number of morpholine rings is 1. The molecule has 2 saturated heterocycles. The van der Waals surface area contributed by atoms with E-state index < -0.39 is 0 Å². The molecule has 2 fully saturated rings. The van der Waals surface area contributed by atoms with Crippen molar-refractivity contribution < 1.29 is 4.74 Å². The summed E-state index contributed by atoms with van der Waals surface area (Å²) in [5.74, 6) is 0.905. The number of nitrogen functional groups attached to an aromatic ring is 1. The number of nitrogens with two attached hydrogens (primary N) is 1. The van der Waals surface area contributed by atoms with Crippen molar-refractivity contribution in [3.63, 3.8) is 0 Å². The molecule has 2 atom stereocenters. The predicted octanol–water partition coefficient (Wildman–Crippen LogP) is 1.68. The molecule has 0 amide bonds. The van der Waals surface area contributed by atoms with Crippen LogP contribution in [0.25, 0.3) is 0 Å². The average Bonchev–Trinajstić information content (AvgIpc) is 2.62. The second-order valence-electron chi connectivity index (χ2n) is 4.43. The van der Waals surface area contributed by atoms with E-state index in [0.717, 1.165) is 31.7 Å². The van der Waals surface area contributed by atoms with Crippen molar-refractivity contribution in [2.24, 2.45) is 0 Å². The van der Waals surface area contributed by atoms with E-state index in [2.05, 4.69) is 9.88 Å². The third-order valence-corrected chi connectivity index (χ3v) is 3.55. The van der Waals surface area contributed by atoms with Crippen molar-refractivity contribution in [1.82, 2.24) is 4.98 Å². The number of aromatic nitrogens is 1. The summed E-state index contributed by atoms with van der Waals surface area (Å²) >= 11 is 5.86. The van der Waals surface area contributed by atoms with Crippen molar-refractivity contribution in [3.8, 4) is 0 Å². The molecular formula is C11H14ClN3O. The summed E-state index contributed by atoms with van der Waals surface area (Å²) < 4.78 is 5.78. The Morgan fingerprint density at radius 2 is 2.06 bits per heavy atom. The lowest BCUT2D eigenvalue weighted by molar-refractivity contribution is 0.0302. The zero-order valence-corrected chi connectivity index (χ0v) is 9.65. The lowest BCUT2D eigenvalue weighted by Crippen LogP contribution is -2.43. The van der Waals surface area contributed by atoms with Crippen molar-refractivity contribution in [2.45, 2.75) is 25.0 Å². The van der Waals surface area contributed by atoms with Gasteiger partial charge in [-0.25, -0.2) is 4.98 Å². The molecule has 5 heteroatoms. The van der Waals surface area contributed by atoms with E-state index in [9.17, 15) is 0 Å². The van der Waals surface area contributed by atoms with Gasteiger partial charge in [0.05, 0.1) is 22.9 Å². The standard InChI is InChI=1S/C11H14ClN3O/c12-9-4-14-11(3-10(9)13)15-5-7-1-2-8(6-15)16-7/h3-4,7-8H,1-2,5-6H2,(H2,13,14). The van der Waals surface area contributed by atoms with Crippen LogP contribution in [0.15, 0.2) is 12.3 Å². The molecular weight excluding hydrogens is 226 g/mol. The predicted molar refractivity (Wildman–Crippen MR) is 63.8 cm³/mol. The molecule has 2 aliphatic rings. The minimum Gasteiger partial charge on any atom is -0.397 e. The normalized spacial score (nSPS) is 28.4. The van der Waals surface area contributed by atoms with Crippen LogP contribution < -0.4 is 10.6 Å². The Labute approximate surface area is 99.3 Å². The lowest BCUT2D eigenvalue weighted by Gasteiger charge is -2.33. The van der Waals surface area contributed by atoms with Crippen LogP contribution in [0.4, 0.5) is 11.5 Å². The van der Waals surface area contributed by atoms with Gasteiger partial charge in [0.2, 0.25) is 0 Å². The van der Waals surface area contributed by atoms with Crippen LogP contribution in [-0.4, -0.2) is 30.3 Å². The van der Waals surface area contributed by atoms with Crippen LogP contribution in [0.3, 0.4) is 0 Å². The van der Waals surface area contributed by atoms with Gasteiger partial charge in [-0.05, 0) is 12.8 Å². The topological polar surface area (TPSA) is 51.4 Å². The first kappa shape index (κ1) is 10.2.